The summed E-state index contributed by atoms with van der Waals surface area (Å²) in [7, 11) is 1.65. The summed E-state index contributed by atoms with van der Waals surface area (Å²) in [4.78, 5) is 28.3. The van der Waals surface area contributed by atoms with Gasteiger partial charge in [-0.1, -0.05) is 43.3 Å². The minimum atomic E-state index is -0.430. The number of H-pyrrole nitrogens is 1. The fourth-order valence-electron chi connectivity index (χ4n) is 9.79. The SMILES string of the molecule is CO[C@@H](C)COc1nc(N2C[C@@H]3C[C@H]2CN3)c2cc(C3CC3)c(-c3c(C)c(F)cc4[nH]ncc34)c(OCc3ccc(-c4cn(C(C(=O)N5CCC[C@H]5C)C(C)C)nn4)cc3)c2n1. The molecular formula is C47H55FN10O4. The van der Waals surface area contributed by atoms with Crippen LogP contribution >= 0.6 is 0 Å². The third-order valence-electron chi connectivity index (χ3n) is 13.5. The van der Waals surface area contributed by atoms with Gasteiger partial charge in [-0.2, -0.15) is 15.1 Å². The van der Waals surface area contributed by atoms with Crippen molar-refractivity contribution in [1.82, 2.24) is 45.4 Å². The summed E-state index contributed by atoms with van der Waals surface area (Å²) in [6.45, 7) is 12.9. The van der Waals surface area contributed by atoms with Crippen LogP contribution in [-0.4, -0.2) is 104 Å². The molecule has 3 aromatic heterocycles. The maximum Gasteiger partial charge on any atom is 0.319 e. The molecule has 2 bridgehead atoms. The lowest BCUT2D eigenvalue weighted by Crippen LogP contribution is -2.44. The number of rotatable bonds is 14. The van der Waals surface area contributed by atoms with Crippen LogP contribution in [0.3, 0.4) is 0 Å². The number of nitrogens with one attached hydrogen (secondary N) is 2. The van der Waals surface area contributed by atoms with Crippen LogP contribution in [0.4, 0.5) is 10.2 Å². The number of amides is 1. The fourth-order valence-corrected chi connectivity index (χ4v) is 9.79. The van der Waals surface area contributed by atoms with Gasteiger partial charge in [0.2, 0.25) is 5.91 Å². The van der Waals surface area contributed by atoms with E-state index in [-0.39, 0.29) is 54.9 Å². The van der Waals surface area contributed by atoms with Crippen LogP contribution in [0.1, 0.15) is 88.4 Å². The van der Waals surface area contributed by atoms with E-state index in [1.54, 1.807) is 18.0 Å². The van der Waals surface area contributed by atoms with Gasteiger partial charge >= 0.3 is 6.01 Å². The molecule has 3 aliphatic heterocycles. The number of nitrogens with zero attached hydrogens (tertiary/aromatic N) is 8. The van der Waals surface area contributed by atoms with Gasteiger partial charge in [0.1, 0.15) is 42.1 Å². The Morgan fingerprint density at radius 3 is 2.55 bits per heavy atom. The van der Waals surface area contributed by atoms with Gasteiger partial charge in [0.25, 0.3) is 0 Å². The summed E-state index contributed by atoms with van der Waals surface area (Å²) >= 11 is 0. The molecule has 5 atom stereocenters. The summed E-state index contributed by atoms with van der Waals surface area (Å²) in [5.41, 5.74) is 6.87. The van der Waals surface area contributed by atoms with Crippen molar-refractivity contribution in [3.05, 3.63) is 71.3 Å². The summed E-state index contributed by atoms with van der Waals surface area (Å²) in [6.07, 6.45) is 8.58. The van der Waals surface area contributed by atoms with Crippen molar-refractivity contribution < 1.29 is 23.4 Å². The Morgan fingerprint density at radius 1 is 1.03 bits per heavy atom. The maximum atomic E-state index is 15.9. The number of hydrogen-bond donors (Lipinski definition) is 2. The lowest BCUT2D eigenvalue weighted by atomic mass is 9.88. The number of likely N-dealkylation sites (tertiary alicyclic amines) is 1. The van der Waals surface area contributed by atoms with Crippen molar-refractivity contribution in [2.45, 2.75) is 110 Å². The normalized spacial score (nSPS) is 20.9. The first kappa shape index (κ1) is 40.4. The van der Waals surface area contributed by atoms with Crippen LogP contribution in [0.15, 0.2) is 48.8 Å². The van der Waals surface area contributed by atoms with Gasteiger partial charge in [-0.05, 0) is 93.5 Å². The second-order valence-corrected chi connectivity index (χ2v) is 18.1. The number of anilines is 1. The van der Waals surface area contributed by atoms with Crippen molar-refractivity contribution in [2.75, 3.05) is 38.3 Å². The smallest absolute Gasteiger partial charge is 0.319 e. The zero-order valence-electron chi connectivity index (χ0n) is 36.3. The third-order valence-corrected chi connectivity index (χ3v) is 13.5. The van der Waals surface area contributed by atoms with Gasteiger partial charge in [0.05, 0.1) is 24.0 Å². The predicted molar refractivity (Wildman–Crippen MR) is 235 cm³/mol. The van der Waals surface area contributed by atoms with E-state index < -0.39 is 6.04 Å². The molecule has 62 heavy (non-hydrogen) atoms. The highest BCUT2D eigenvalue weighted by Crippen LogP contribution is 2.53. The first-order chi connectivity index (χ1) is 30.1. The summed E-state index contributed by atoms with van der Waals surface area (Å²) in [5.74, 6) is 1.46. The maximum absolute atomic E-state index is 15.9. The van der Waals surface area contributed by atoms with E-state index in [1.807, 2.05) is 49.2 Å². The second-order valence-electron chi connectivity index (χ2n) is 18.1. The van der Waals surface area contributed by atoms with Crippen LogP contribution in [0.2, 0.25) is 0 Å². The van der Waals surface area contributed by atoms with Gasteiger partial charge in [-0.15, -0.1) is 5.10 Å². The molecule has 1 amide bonds. The highest BCUT2D eigenvalue weighted by atomic mass is 19.1. The number of piperazine rings is 1. The number of halogens is 1. The lowest BCUT2D eigenvalue weighted by Gasteiger charge is -2.30. The average molecular weight is 843 g/mol. The second kappa shape index (κ2) is 16.2. The first-order valence-electron chi connectivity index (χ1n) is 22.2. The minimum Gasteiger partial charge on any atom is -0.486 e. The van der Waals surface area contributed by atoms with E-state index in [9.17, 15) is 4.79 Å². The number of aromatic nitrogens is 7. The molecule has 1 unspecified atom stereocenters. The average Bonchev–Trinajstić information content (AvgIpc) is 3.80. The number of aromatic amines is 1. The molecule has 15 heteroatoms. The van der Waals surface area contributed by atoms with Crippen molar-refractivity contribution >= 4 is 33.5 Å². The van der Waals surface area contributed by atoms with E-state index in [0.29, 0.717) is 40.1 Å². The number of fused-ring (bicyclic) bond motifs is 4. The lowest BCUT2D eigenvalue weighted by molar-refractivity contribution is -0.137. The number of methoxy groups -OCH3 is 1. The van der Waals surface area contributed by atoms with Crippen LogP contribution < -0.4 is 19.7 Å². The molecule has 2 N–H and O–H groups in total. The summed E-state index contributed by atoms with van der Waals surface area (Å²) in [5, 5.41) is 21.7. The topological polar surface area (TPSA) is 148 Å². The molecule has 0 radical (unpaired) electrons. The van der Waals surface area contributed by atoms with E-state index in [4.69, 9.17) is 24.2 Å². The van der Waals surface area contributed by atoms with Crippen molar-refractivity contribution in [2.24, 2.45) is 5.92 Å². The minimum absolute atomic E-state index is 0.0462. The molecule has 10 rings (SSSR count). The number of carbonyl (C=O) groups is 1. The molecule has 0 spiro atoms. The molecule has 6 heterocycles. The molecule has 1 aliphatic carbocycles. The quantitative estimate of drug-likeness (QED) is 0.112. The van der Waals surface area contributed by atoms with E-state index in [0.717, 1.165) is 96.1 Å². The number of benzene rings is 3. The zero-order chi connectivity index (χ0) is 42.8. The summed E-state index contributed by atoms with van der Waals surface area (Å²) in [6, 6.07) is 12.5. The predicted octanol–water partition coefficient (Wildman–Crippen LogP) is 7.51. The van der Waals surface area contributed by atoms with Crippen LogP contribution in [0.25, 0.3) is 44.2 Å². The largest absolute Gasteiger partial charge is 0.486 e. The van der Waals surface area contributed by atoms with Crippen LogP contribution in [0.5, 0.6) is 11.8 Å². The van der Waals surface area contributed by atoms with Crippen molar-refractivity contribution in [1.29, 1.82) is 0 Å². The summed E-state index contributed by atoms with van der Waals surface area (Å²) < 4.78 is 36.5. The fraction of sp³-hybridized carbons (Fsp3) is 0.489. The molecule has 4 fully saturated rings. The zero-order valence-corrected chi connectivity index (χ0v) is 36.3. The van der Waals surface area contributed by atoms with E-state index in [2.05, 4.69) is 57.6 Å². The molecular weight excluding hydrogens is 788 g/mol. The Hall–Kier alpha value is -5.67. The monoisotopic (exact) mass is 842 g/mol. The standard InChI is InChI=1S/C47H55FN10O4/c1-25(2)43(46(59)56-15-7-8-26(56)3)58-22-39(54-55-58)31-11-9-29(10-12-31)24-61-44-41(40-28(5)37(48)18-38-36(40)20-50-53-38)34(30-13-14-30)17-35-42(44)51-47(62-23-27(4)60-6)52-45(35)57-21-32-16-33(57)19-49-32/h9-12,17-18,20,22,25-27,30,32-33,43,49H,7-8,13-16,19,21,23-24H2,1-6H3,(H,50,53)/t26-,27+,32+,33+,43?/m1/s1. The molecule has 3 saturated heterocycles. The number of carbonyl (C=O) groups excluding carboxylic acids is 1. The molecule has 3 aromatic carbocycles. The van der Waals surface area contributed by atoms with Gasteiger partial charge < -0.3 is 29.3 Å². The molecule has 4 aliphatic rings. The molecule has 6 aromatic rings. The Labute approximate surface area is 360 Å². The first-order valence-corrected chi connectivity index (χ1v) is 22.2. The Bertz CT molecular complexity index is 2640. The highest BCUT2D eigenvalue weighted by molar-refractivity contribution is 6.06. The van der Waals surface area contributed by atoms with Gasteiger partial charge in [-0.25, -0.2) is 9.07 Å². The molecule has 14 nitrogen and oxygen atoms in total. The van der Waals surface area contributed by atoms with Gasteiger partial charge in [0, 0.05) is 72.3 Å². The van der Waals surface area contributed by atoms with Gasteiger partial charge in [-0.3, -0.25) is 9.89 Å². The van der Waals surface area contributed by atoms with E-state index in [1.165, 1.54) is 6.07 Å². The Morgan fingerprint density at radius 2 is 1.85 bits per heavy atom. The Kier molecular flexibility index (Phi) is 10.6. The van der Waals surface area contributed by atoms with Crippen LogP contribution in [-0.2, 0) is 16.1 Å². The van der Waals surface area contributed by atoms with Crippen LogP contribution in [0, 0.1) is 18.7 Å². The van der Waals surface area contributed by atoms with Crippen molar-refractivity contribution in [3.63, 3.8) is 0 Å². The van der Waals surface area contributed by atoms with Crippen molar-refractivity contribution in [3.8, 4) is 34.1 Å². The third kappa shape index (κ3) is 7.32. The van der Waals surface area contributed by atoms with Gasteiger partial charge in [0.15, 0.2) is 5.75 Å². The Balaban J connectivity index is 1.05. The van der Waals surface area contributed by atoms with E-state index >= 15 is 4.39 Å². The molecule has 1 saturated carbocycles. The number of hydrogen-bond acceptors (Lipinski definition) is 11. The molecule has 324 valence electrons. The highest BCUT2D eigenvalue weighted by Gasteiger charge is 2.41. The number of ether oxygens (including phenoxy) is 3.